The smallest absolute Gasteiger partial charge is 0 e. The molecule has 3 rings (SSSR count). The van der Waals surface area contributed by atoms with E-state index in [1.165, 1.54) is 12.8 Å². The molecule has 0 aromatic rings. The quantitative estimate of drug-likeness (QED) is 0.456. The molecule has 0 aliphatic heterocycles. The van der Waals surface area contributed by atoms with Gasteiger partial charge in [0, 0.05) is 22.4 Å². The Bertz CT molecular complexity index is 196. The van der Waals surface area contributed by atoms with E-state index in [1.54, 1.807) is 5.57 Å². The predicted octanol–water partition coefficient (Wildman–Crippen LogP) is 3.11. The van der Waals surface area contributed by atoms with Crippen LogP contribution in [-0.4, -0.2) is 0 Å². The standard InChI is InChI=1S/C10H16.Au.H2S/c1-7-4-5-8-6-9(7)10(8,2)3;;/h4,8-9H,5-6H2,1-3H3;;1H2. The van der Waals surface area contributed by atoms with E-state index in [-0.39, 0.29) is 35.9 Å². The molecule has 0 aromatic heterocycles. The van der Waals surface area contributed by atoms with Crippen LogP contribution in [0.2, 0.25) is 0 Å². The van der Waals surface area contributed by atoms with Crippen molar-refractivity contribution in [2.45, 2.75) is 33.6 Å². The van der Waals surface area contributed by atoms with Crippen molar-refractivity contribution in [1.82, 2.24) is 0 Å². The van der Waals surface area contributed by atoms with Crippen molar-refractivity contribution in [2.24, 2.45) is 17.3 Å². The zero-order valence-corrected chi connectivity index (χ0v) is 11.1. The van der Waals surface area contributed by atoms with E-state index in [0.29, 0.717) is 5.41 Å². The molecule has 0 amide bonds. The molecule has 2 atom stereocenters. The molecule has 0 spiro atoms. The molecule has 1 radical (unpaired) electrons. The van der Waals surface area contributed by atoms with Gasteiger partial charge in [-0.2, -0.15) is 13.5 Å². The molecule has 2 bridgehead atoms. The Hall–Kier alpha value is 0.830. The van der Waals surface area contributed by atoms with Crippen molar-refractivity contribution in [1.29, 1.82) is 0 Å². The van der Waals surface area contributed by atoms with Gasteiger partial charge >= 0.3 is 0 Å². The van der Waals surface area contributed by atoms with Crippen LogP contribution in [0.5, 0.6) is 0 Å². The topological polar surface area (TPSA) is 0 Å². The number of allylic oxidation sites excluding steroid dienone is 2. The monoisotopic (exact) mass is 367 g/mol. The van der Waals surface area contributed by atoms with Crippen LogP contribution in [0.15, 0.2) is 11.6 Å². The van der Waals surface area contributed by atoms with Crippen LogP contribution in [0, 0.1) is 17.3 Å². The maximum atomic E-state index is 2.43. The summed E-state index contributed by atoms with van der Waals surface area (Å²) in [6, 6.07) is 0. The average Bonchev–Trinajstić information content (AvgIpc) is 1.87. The van der Waals surface area contributed by atoms with E-state index in [1.807, 2.05) is 0 Å². The summed E-state index contributed by atoms with van der Waals surface area (Å²) in [5, 5.41) is 0. The second kappa shape index (κ2) is 3.91. The van der Waals surface area contributed by atoms with Gasteiger partial charge in [-0.3, -0.25) is 0 Å². The molecule has 0 heterocycles. The Balaban J connectivity index is 0.000000605. The van der Waals surface area contributed by atoms with Crippen LogP contribution >= 0.6 is 13.5 Å². The number of hydrogen-bond donors (Lipinski definition) is 0. The zero-order valence-electron chi connectivity index (χ0n) is 7.95. The third kappa shape index (κ3) is 1.57. The van der Waals surface area contributed by atoms with Gasteiger partial charge in [0.05, 0.1) is 0 Å². The molecule has 2 unspecified atom stereocenters. The van der Waals surface area contributed by atoms with E-state index in [0.717, 1.165) is 11.8 Å². The van der Waals surface area contributed by atoms with E-state index in [4.69, 9.17) is 0 Å². The van der Waals surface area contributed by atoms with E-state index >= 15 is 0 Å². The van der Waals surface area contributed by atoms with E-state index in [9.17, 15) is 0 Å². The number of fused-ring (bicyclic) bond motifs is 1. The molecule has 0 N–H and O–H groups in total. The van der Waals surface area contributed by atoms with Crippen molar-refractivity contribution in [3.63, 3.8) is 0 Å². The first-order chi connectivity index (χ1) is 4.62. The van der Waals surface area contributed by atoms with E-state index < -0.39 is 0 Å². The minimum atomic E-state index is 0. The number of rotatable bonds is 0. The summed E-state index contributed by atoms with van der Waals surface area (Å²) < 4.78 is 0. The van der Waals surface area contributed by atoms with Gasteiger partial charge in [0.15, 0.2) is 0 Å². The Morgan fingerprint density at radius 2 is 2.00 bits per heavy atom. The SMILES string of the molecule is CC1=CCC2CC1C2(C)C.S.[Au]. The van der Waals surface area contributed by atoms with Crippen LogP contribution in [0.3, 0.4) is 0 Å². The van der Waals surface area contributed by atoms with Crippen molar-refractivity contribution >= 4 is 13.5 Å². The Morgan fingerprint density at radius 3 is 2.25 bits per heavy atom. The second-order valence-corrected chi connectivity index (χ2v) is 4.49. The van der Waals surface area contributed by atoms with Gasteiger partial charge < -0.3 is 0 Å². The van der Waals surface area contributed by atoms with Crippen LogP contribution in [-0.2, 0) is 22.4 Å². The summed E-state index contributed by atoms with van der Waals surface area (Å²) in [6.45, 7) is 7.13. The van der Waals surface area contributed by atoms with Gasteiger partial charge in [0.25, 0.3) is 0 Å². The summed E-state index contributed by atoms with van der Waals surface area (Å²) in [7, 11) is 0. The normalized spacial score (nSPS) is 35.1. The molecule has 12 heavy (non-hydrogen) atoms. The first-order valence-electron chi connectivity index (χ1n) is 4.29. The molecule has 1 fully saturated rings. The fraction of sp³-hybridized carbons (Fsp3) is 0.800. The van der Waals surface area contributed by atoms with E-state index in [2.05, 4.69) is 26.8 Å². The summed E-state index contributed by atoms with van der Waals surface area (Å²) in [5.74, 6) is 1.92. The average molecular weight is 367 g/mol. The molecular weight excluding hydrogens is 349 g/mol. The molecule has 3 aliphatic carbocycles. The second-order valence-electron chi connectivity index (χ2n) is 4.49. The summed E-state index contributed by atoms with van der Waals surface area (Å²) in [6.07, 6.45) is 5.24. The molecule has 0 saturated heterocycles. The van der Waals surface area contributed by atoms with Crippen molar-refractivity contribution in [3.05, 3.63) is 11.6 Å². The Kier molecular flexibility index (Phi) is 4.18. The van der Waals surface area contributed by atoms with Gasteiger partial charge in [0.2, 0.25) is 0 Å². The maximum absolute atomic E-state index is 2.43. The predicted molar refractivity (Wildman–Crippen MR) is 54.1 cm³/mol. The Labute approximate surface area is 98.1 Å². The molecular formula is C10H18AuS. The molecule has 3 aliphatic rings. The van der Waals surface area contributed by atoms with Crippen molar-refractivity contribution in [3.8, 4) is 0 Å². The summed E-state index contributed by atoms with van der Waals surface area (Å²) >= 11 is 0. The fourth-order valence-corrected chi connectivity index (χ4v) is 2.66. The third-order valence-electron chi connectivity index (χ3n) is 3.74. The van der Waals surface area contributed by atoms with Crippen LogP contribution in [0.25, 0.3) is 0 Å². The first-order valence-corrected chi connectivity index (χ1v) is 4.29. The summed E-state index contributed by atoms with van der Waals surface area (Å²) in [5.41, 5.74) is 2.28. The summed E-state index contributed by atoms with van der Waals surface area (Å²) in [4.78, 5) is 0. The van der Waals surface area contributed by atoms with Gasteiger partial charge in [-0.25, -0.2) is 0 Å². The van der Waals surface area contributed by atoms with Crippen LogP contribution in [0.4, 0.5) is 0 Å². The first kappa shape index (κ1) is 12.8. The molecule has 1 saturated carbocycles. The van der Waals surface area contributed by atoms with Gasteiger partial charge in [-0.15, -0.1) is 0 Å². The third-order valence-corrected chi connectivity index (χ3v) is 3.74. The molecule has 2 heteroatoms. The van der Waals surface area contributed by atoms with Crippen LogP contribution < -0.4 is 0 Å². The Morgan fingerprint density at radius 1 is 1.42 bits per heavy atom. The number of hydrogen-bond acceptors (Lipinski definition) is 0. The van der Waals surface area contributed by atoms with Gasteiger partial charge in [0.1, 0.15) is 0 Å². The van der Waals surface area contributed by atoms with Gasteiger partial charge in [-0.05, 0) is 37.0 Å². The fourth-order valence-electron chi connectivity index (χ4n) is 2.66. The minimum Gasteiger partial charge on any atom is -0.197 e. The zero-order chi connectivity index (χ0) is 7.35. The maximum Gasteiger partial charge on any atom is 0 e. The molecule has 0 aromatic carbocycles. The van der Waals surface area contributed by atoms with Crippen molar-refractivity contribution < 1.29 is 22.4 Å². The van der Waals surface area contributed by atoms with Crippen LogP contribution in [0.1, 0.15) is 33.6 Å². The largest absolute Gasteiger partial charge is 0.197 e. The molecule has 0 nitrogen and oxygen atoms in total. The van der Waals surface area contributed by atoms with Gasteiger partial charge in [-0.1, -0.05) is 25.5 Å². The van der Waals surface area contributed by atoms with Crippen molar-refractivity contribution in [2.75, 3.05) is 0 Å². The minimum absolute atomic E-state index is 0. The molecule has 75 valence electrons.